The lowest BCUT2D eigenvalue weighted by Crippen LogP contribution is -2.18. The first-order valence-electron chi connectivity index (χ1n) is 3.16. The van der Waals surface area contributed by atoms with Crippen LogP contribution in [0, 0.1) is 5.92 Å². The van der Waals surface area contributed by atoms with Crippen LogP contribution in [-0.4, -0.2) is 26.8 Å². The fourth-order valence-electron chi connectivity index (χ4n) is 1.03. The van der Waals surface area contributed by atoms with Crippen molar-refractivity contribution < 1.29 is 4.74 Å². The maximum atomic E-state index is 5.17. The SMILES string of the molecule is CNC[C@H]1CCOC1.Cl. The van der Waals surface area contributed by atoms with Crippen molar-refractivity contribution in [3.63, 3.8) is 0 Å². The molecule has 0 spiro atoms. The summed E-state index contributed by atoms with van der Waals surface area (Å²) >= 11 is 0. The third kappa shape index (κ3) is 3.04. The molecule has 9 heavy (non-hydrogen) atoms. The topological polar surface area (TPSA) is 21.3 Å². The van der Waals surface area contributed by atoms with Crippen molar-refractivity contribution in [3.8, 4) is 0 Å². The summed E-state index contributed by atoms with van der Waals surface area (Å²) in [6.07, 6.45) is 1.24. The van der Waals surface area contributed by atoms with Gasteiger partial charge in [-0.25, -0.2) is 0 Å². The standard InChI is InChI=1S/C6H13NO.ClH/c1-7-4-6-2-3-8-5-6;/h6-7H,2-5H2,1H3;1H/t6-;/m1./s1. The lowest BCUT2D eigenvalue weighted by atomic mass is 10.1. The van der Waals surface area contributed by atoms with Gasteiger partial charge in [0.1, 0.15) is 0 Å². The van der Waals surface area contributed by atoms with Gasteiger partial charge in [0.25, 0.3) is 0 Å². The first-order chi connectivity index (χ1) is 3.93. The molecule has 0 saturated carbocycles. The first kappa shape index (κ1) is 9.21. The highest BCUT2D eigenvalue weighted by Gasteiger charge is 2.13. The van der Waals surface area contributed by atoms with E-state index in [2.05, 4.69) is 5.32 Å². The van der Waals surface area contributed by atoms with Crippen molar-refractivity contribution in [1.29, 1.82) is 0 Å². The molecule has 0 unspecified atom stereocenters. The lowest BCUT2D eigenvalue weighted by Gasteiger charge is -2.03. The number of rotatable bonds is 2. The van der Waals surface area contributed by atoms with E-state index in [9.17, 15) is 0 Å². The van der Waals surface area contributed by atoms with Gasteiger partial charge in [0.15, 0.2) is 0 Å². The van der Waals surface area contributed by atoms with Crippen LogP contribution in [0.1, 0.15) is 6.42 Å². The monoisotopic (exact) mass is 151 g/mol. The molecule has 0 bridgehead atoms. The fourth-order valence-corrected chi connectivity index (χ4v) is 1.03. The van der Waals surface area contributed by atoms with Crippen LogP contribution >= 0.6 is 12.4 Å². The molecule has 0 aromatic heterocycles. The Kier molecular flexibility index (Phi) is 5.15. The quantitative estimate of drug-likeness (QED) is 0.627. The Morgan fingerprint density at radius 2 is 2.44 bits per heavy atom. The normalized spacial score (nSPS) is 25.7. The van der Waals surface area contributed by atoms with Crippen LogP contribution in [0.25, 0.3) is 0 Å². The first-order valence-corrected chi connectivity index (χ1v) is 3.16. The molecule has 0 amide bonds. The highest BCUT2D eigenvalue weighted by molar-refractivity contribution is 5.85. The largest absolute Gasteiger partial charge is 0.381 e. The Morgan fingerprint density at radius 3 is 2.89 bits per heavy atom. The predicted molar refractivity (Wildman–Crippen MR) is 40.1 cm³/mol. The van der Waals surface area contributed by atoms with E-state index in [-0.39, 0.29) is 12.4 Å². The second-order valence-corrected chi connectivity index (χ2v) is 2.29. The number of hydrogen-bond donors (Lipinski definition) is 1. The van der Waals surface area contributed by atoms with Crippen molar-refractivity contribution in [3.05, 3.63) is 0 Å². The lowest BCUT2D eigenvalue weighted by molar-refractivity contribution is 0.185. The molecule has 0 aromatic rings. The van der Waals surface area contributed by atoms with Gasteiger partial charge in [-0.05, 0) is 25.9 Å². The minimum atomic E-state index is 0. The molecule has 0 aliphatic carbocycles. The Hall–Kier alpha value is 0.210. The molecule has 1 atom stereocenters. The summed E-state index contributed by atoms with van der Waals surface area (Å²) in [5, 5.41) is 3.13. The minimum absolute atomic E-state index is 0. The molecule has 1 saturated heterocycles. The van der Waals surface area contributed by atoms with Crippen molar-refractivity contribution in [2.45, 2.75) is 6.42 Å². The third-order valence-corrected chi connectivity index (χ3v) is 1.52. The van der Waals surface area contributed by atoms with Gasteiger partial charge in [0.05, 0.1) is 6.61 Å². The summed E-state index contributed by atoms with van der Waals surface area (Å²) < 4.78 is 5.17. The average molecular weight is 152 g/mol. The minimum Gasteiger partial charge on any atom is -0.381 e. The fraction of sp³-hybridized carbons (Fsp3) is 1.00. The van der Waals surface area contributed by atoms with E-state index in [0.717, 1.165) is 25.7 Å². The molecule has 2 nitrogen and oxygen atoms in total. The molecule has 3 heteroatoms. The Labute approximate surface area is 62.4 Å². The van der Waals surface area contributed by atoms with Crippen LogP contribution in [0.2, 0.25) is 0 Å². The van der Waals surface area contributed by atoms with Crippen molar-refractivity contribution in [2.24, 2.45) is 5.92 Å². The number of ether oxygens (including phenoxy) is 1. The van der Waals surface area contributed by atoms with Gasteiger partial charge in [0.2, 0.25) is 0 Å². The van der Waals surface area contributed by atoms with Crippen LogP contribution in [0.4, 0.5) is 0 Å². The Balaban J connectivity index is 0.000000640. The van der Waals surface area contributed by atoms with E-state index in [4.69, 9.17) is 4.74 Å². The van der Waals surface area contributed by atoms with Gasteiger partial charge < -0.3 is 10.1 Å². The Morgan fingerprint density at radius 1 is 1.67 bits per heavy atom. The molecular formula is C6H14ClNO. The summed E-state index contributed by atoms with van der Waals surface area (Å²) in [5.41, 5.74) is 0. The van der Waals surface area contributed by atoms with Gasteiger partial charge in [-0.3, -0.25) is 0 Å². The summed E-state index contributed by atoms with van der Waals surface area (Å²) in [5.74, 6) is 0.778. The maximum absolute atomic E-state index is 5.17. The molecule has 56 valence electrons. The summed E-state index contributed by atoms with van der Waals surface area (Å²) in [4.78, 5) is 0. The van der Waals surface area contributed by atoms with E-state index in [1.54, 1.807) is 0 Å². The van der Waals surface area contributed by atoms with Crippen LogP contribution in [-0.2, 0) is 4.74 Å². The highest BCUT2D eigenvalue weighted by Crippen LogP contribution is 2.09. The molecule has 1 rings (SSSR count). The van der Waals surface area contributed by atoms with Crippen LogP contribution in [0.15, 0.2) is 0 Å². The molecule has 1 fully saturated rings. The molecule has 1 aliphatic rings. The van der Waals surface area contributed by atoms with E-state index in [1.165, 1.54) is 6.42 Å². The van der Waals surface area contributed by atoms with E-state index >= 15 is 0 Å². The molecular weight excluding hydrogens is 138 g/mol. The van der Waals surface area contributed by atoms with Crippen LogP contribution in [0.3, 0.4) is 0 Å². The number of halogens is 1. The zero-order valence-electron chi connectivity index (χ0n) is 5.72. The Bertz CT molecular complexity index is 64.1. The smallest absolute Gasteiger partial charge is 0.0507 e. The van der Waals surface area contributed by atoms with Crippen molar-refractivity contribution in [1.82, 2.24) is 5.32 Å². The summed E-state index contributed by atoms with van der Waals surface area (Å²) in [6.45, 7) is 3.03. The molecule has 1 heterocycles. The van der Waals surface area contributed by atoms with E-state index in [0.29, 0.717) is 0 Å². The summed E-state index contributed by atoms with van der Waals surface area (Å²) in [6, 6.07) is 0. The molecule has 1 aliphatic heterocycles. The van der Waals surface area contributed by atoms with Crippen LogP contribution < -0.4 is 5.32 Å². The predicted octanol–water partition coefficient (Wildman–Crippen LogP) is 0.664. The molecule has 0 aromatic carbocycles. The second-order valence-electron chi connectivity index (χ2n) is 2.29. The summed E-state index contributed by atoms with van der Waals surface area (Å²) in [7, 11) is 1.98. The van der Waals surface area contributed by atoms with E-state index in [1.807, 2.05) is 7.05 Å². The van der Waals surface area contributed by atoms with Gasteiger partial charge >= 0.3 is 0 Å². The van der Waals surface area contributed by atoms with Gasteiger partial charge in [0, 0.05) is 6.61 Å². The number of nitrogens with one attached hydrogen (secondary N) is 1. The molecule has 1 N–H and O–H groups in total. The van der Waals surface area contributed by atoms with Gasteiger partial charge in [-0.15, -0.1) is 12.4 Å². The second kappa shape index (κ2) is 5.03. The van der Waals surface area contributed by atoms with Gasteiger partial charge in [-0.2, -0.15) is 0 Å². The maximum Gasteiger partial charge on any atom is 0.0507 e. The average Bonchev–Trinajstić information content (AvgIpc) is 2.19. The molecule has 0 radical (unpaired) electrons. The van der Waals surface area contributed by atoms with Crippen molar-refractivity contribution in [2.75, 3.05) is 26.8 Å². The van der Waals surface area contributed by atoms with Gasteiger partial charge in [-0.1, -0.05) is 0 Å². The number of hydrogen-bond acceptors (Lipinski definition) is 2. The van der Waals surface area contributed by atoms with Crippen molar-refractivity contribution >= 4 is 12.4 Å². The highest BCUT2D eigenvalue weighted by atomic mass is 35.5. The third-order valence-electron chi connectivity index (χ3n) is 1.52. The van der Waals surface area contributed by atoms with E-state index < -0.39 is 0 Å². The van der Waals surface area contributed by atoms with Crippen LogP contribution in [0.5, 0.6) is 0 Å². The zero-order valence-corrected chi connectivity index (χ0v) is 6.54. The zero-order chi connectivity index (χ0) is 5.82.